The minimum atomic E-state index is 0.353. The van der Waals surface area contributed by atoms with Gasteiger partial charge in [-0.2, -0.15) is 0 Å². The van der Waals surface area contributed by atoms with E-state index in [1.807, 2.05) is 25.1 Å². The Morgan fingerprint density at radius 3 is 2.85 bits per heavy atom. The van der Waals surface area contributed by atoms with E-state index in [0.29, 0.717) is 5.75 Å². The van der Waals surface area contributed by atoms with E-state index in [1.165, 1.54) is 0 Å². The Hall–Kier alpha value is -0.760. The van der Waals surface area contributed by atoms with Gasteiger partial charge >= 0.3 is 0 Å². The number of alkyl halides is 1. The van der Waals surface area contributed by atoms with Crippen LogP contribution in [-0.2, 0) is 0 Å². The summed E-state index contributed by atoms with van der Waals surface area (Å²) in [6.07, 6.45) is 5.00. The van der Waals surface area contributed by atoms with Gasteiger partial charge in [0, 0.05) is 10.9 Å². The standard InChI is InChI=1S/C11H13BrO/c1-9-5-4-7-11(13)10(9)6-2-3-8-12/h2,4-7,13H,3,8H2,1H3. The van der Waals surface area contributed by atoms with Gasteiger partial charge in [0.15, 0.2) is 0 Å². The molecule has 0 aliphatic carbocycles. The number of aromatic hydroxyl groups is 1. The molecule has 70 valence electrons. The van der Waals surface area contributed by atoms with Crippen molar-refractivity contribution in [3.63, 3.8) is 0 Å². The summed E-state index contributed by atoms with van der Waals surface area (Å²) in [5, 5.41) is 10.5. The van der Waals surface area contributed by atoms with Crippen LogP contribution in [0.5, 0.6) is 5.75 Å². The quantitative estimate of drug-likeness (QED) is 0.803. The zero-order chi connectivity index (χ0) is 9.68. The molecule has 1 rings (SSSR count). The molecular formula is C11H13BrO. The van der Waals surface area contributed by atoms with Crippen LogP contribution >= 0.6 is 15.9 Å². The van der Waals surface area contributed by atoms with Gasteiger partial charge in [0.25, 0.3) is 0 Å². The van der Waals surface area contributed by atoms with Crippen LogP contribution in [0.25, 0.3) is 6.08 Å². The van der Waals surface area contributed by atoms with Crippen molar-refractivity contribution in [3.05, 3.63) is 35.4 Å². The minimum Gasteiger partial charge on any atom is -0.507 e. The summed E-state index contributed by atoms with van der Waals surface area (Å²) in [7, 11) is 0. The largest absolute Gasteiger partial charge is 0.507 e. The zero-order valence-corrected chi connectivity index (χ0v) is 9.21. The molecule has 0 radical (unpaired) electrons. The van der Waals surface area contributed by atoms with Crippen molar-refractivity contribution < 1.29 is 5.11 Å². The summed E-state index contributed by atoms with van der Waals surface area (Å²) < 4.78 is 0. The number of hydrogen-bond donors (Lipinski definition) is 1. The number of phenolic OH excluding ortho intramolecular Hbond substituents is 1. The van der Waals surface area contributed by atoms with Gasteiger partial charge < -0.3 is 5.11 Å². The van der Waals surface area contributed by atoms with Crippen LogP contribution in [-0.4, -0.2) is 10.4 Å². The Labute approximate surface area is 87.2 Å². The number of allylic oxidation sites excluding steroid dienone is 1. The molecule has 1 nitrogen and oxygen atoms in total. The molecule has 0 atom stereocenters. The Kier molecular flexibility index (Phi) is 4.03. The van der Waals surface area contributed by atoms with Gasteiger partial charge in [-0.3, -0.25) is 0 Å². The van der Waals surface area contributed by atoms with Crippen LogP contribution in [0, 0.1) is 6.92 Å². The predicted molar refractivity (Wildman–Crippen MR) is 60.3 cm³/mol. The van der Waals surface area contributed by atoms with Gasteiger partial charge in [-0.1, -0.05) is 40.2 Å². The second-order valence-corrected chi connectivity index (χ2v) is 3.68. The van der Waals surface area contributed by atoms with E-state index in [1.54, 1.807) is 6.07 Å². The molecule has 1 aromatic rings. The molecule has 0 aliphatic heterocycles. The lowest BCUT2D eigenvalue weighted by molar-refractivity contribution is 0.473. The van der Waals surface area contributed by atoms with E-state index >= 15 is 0 Å². The minimum absolute atomic E-state index is 0.353. The lowest BCUT2D eigenvalue weighted by Gasteiger charge is -2.02. The fourth-order valence-corrected chi connectivity index (χ4v) is 1.41. The zero-order valence-electron chi connectivity index (χ0n) is 7.63. The number of halogens is 1. The van der Waals surface area contributed by atoms with Crippen LogP contribution in [0.3, 0.4) is 0 Å². The van der Waals surface area contributed by atoms with E-state index in [9.17, 15) is 5.11 Å². The number of phenols is 1. The Morgan fingerprint density at radius 1 is 1.46 bits per heavy atom. The SMILES string of the molecule is Cc1cccc(O)c1C=CCCBr. The van der Waals surface area contributed by atoms with Crippen LogP contribution in [0.4, 0.5) is 0 Å². The van der Waals surface area contributed by atoms with Gasteiger partial charge in [0.2, 0.25) is 0 Å². The normalized spacial score (nSPS) is 10.9. The van der Waals surface area contributed by atoms with Gasteiger partial charge in [0.1, 0.15) is 5.75 Å². The van der Waals surface area contributed by atoms with Crippen molar-refractivity contribution in [3.8, 4) is 5.75 Å². The first-order chi connectivity index (χ1) is 6.25. The summed E-state index contributed by atoms with van der Waals surface area (Å²) >= 11 is 3.35. The fraction of sp³-hybridized carbons (Fsp3) is 0.273. The Balaban J connectivity index is 2.87. The fourth-order valence-electron chi connectivity index (χ4n) is 1.15. The molecule has 0 saturated heterocycles. The number of hydrogen-bond acceptors (Lipinski definition) is 1. The lowest BCUT2D eigenvalue weighted by Crippen LogP contribution is -1.80. The molecule has 1 aromatic carbocycles. The number of benzene rings is 1. The van der Waals surface area contributed by atoms with E-state index < -0.39 is 0 Å². The Bertz CT molecular complexity index is 285. The van der Waals surface area contributed by atoms with Crippen LogP contribution in [0.15, 0.2) is 24.3 Å². The van der Waals surface area contributed by atoms with E-state index in [2.05, 4.69) is 22.0 Å². The maximum Gasteiger partial charge on any atom is 0.123 e. The maximum atomic E-state index is 9.53. The van der Waals surface area contributed by atoms with Gasteiger partial charge in [-0.25, -0.2) is 0 Å². The van der Waals surface area contributed by atoms with Gasteiger partial charge in [-0.05, 0) is 25.0 Å². The predicted octanol–water partition coefficient (Wildman–Crippen LogP) is 3.50. The van der Waals surface area contributed by atoms with Crippen molar-refractivity contribution in [1.29, 1.82) is 0 Å². The third kappa shape index (κ3) is 2.88. The average Bonchev–Trinajstić information content (AvgIpc) is 2.10. The molecular weight excluding hydrogens is 228 g/mol. The van der Waals surface area contributed by atoms with Crippen molar-refractivity contribution in [2.75, 3.05) is 5.33 Å². The molecule has 0 aliphatic rings. The average molecular weight is 241 g/mol. The van der Waals surface area contributed by atoms with E-state index in [-0.39, 0.29) is 0 Å². The molecule has 0 saturated carbocycles. The van der Waals surface area contributed by atoms with E-state index in [4.69, 9.17) is 0 Å². The molecule has 2 heteroatoms. The van der Waals surface area contributed by atoms with Crippen molar-refractivity contribution in [1.82, 2.24) is 0 Å². The third-order valence-electron chi connectivity index (χ3n) is 1.86. The molecule has 0 amide bonds. The monoisotopic (exact) mass is 240 g/mol. The highest BCUT2D eigenvalue weighted by atomic mass is 79.9. The molecule has 0 bridgehead atoms. The van der Waals surface area contributed by atoms with Crippen LogP contribution < -0.4 is 0 Å². The smallest absolute Gasteiger partial charge is 0.123 e. The topological polar surface area (TPSA) is 20.2 Å². The van der Waals surface area contributed by atoms with Crippen molar-refractivity contribution in [2.45, 2.75) is 13.3 Å². The second-order valence-electron chi connectivity index (χ2n) is 2.89. The van der Waals surface area contributed by atoms with Crippen molar-refractivity contribution >= 4 is 22.0 Å². The second kappa shape index (κ2) is 5.07. The van der Waals surface area contributed by atoms with Gasteiger partial charge in [-0.15, -0.1) is 0 Å². The summed E-state index contributed by atoms with van der Waals surface area (Å²) in [5.41, 5.74) is 2.02. The molecule has 0 heterocycles. The lowest BCUT2D eigenvalue weighted by atomic mass is 10.1. The summed E-state index contributed by atoms with van der Waals surface area (Å²) in [5.74, 6) is 0.353. The highest BCUT2D eigenvalue weighted by molar-refractivity contribution is 9.09. The Morgan fingerprint density at radius 2 is 2.23 bits per heavy atom. The molecule has 13 heavy (non-hydrogen) atoms. The molecule has 0 fully saturated rings. The van der Waals surface area contributed by atoms with Crippen molar-refractivity contribution in [2.24, 2.45) is 0 Å². The van der Waals surface area contributed by atoms with E-state index in [0.717, 1.165) is 22.9 Å². The summed E-state index contributed by atoms with van der Waals surface area (Å²) in [6.45, 7) is 1.99. The van der Waals surface area contributed by atoms with Gasteiger partial charge in [0.05, 0.1) is 0 Å². The van der Waals surface area contributed by atoms with Crippen LogP contribution in [0.2, 0.25) is 0 Å². The maximum absolute atomic E-state index is 9.53. The molecule has 0 spiro atoms. The summed E-state index contributed by atoms with van der Waals surface area (Å²) in [4.78, 5) is 0. The van der Waals surface area contributed by atoms with Crippen LogP contribution in [0.1, 0.15) is 17.5 Å². The summed E-state index contributed by atoms with van der Waals surface area (Å²) in [6, 6.07) is 5.56. The molecule has 1 N–H and O–H groups in total. The number of aryl methyl sites for hydroxylation is 1. The first-order valence-electron chi connectivity index (χ1n) is 4.27. The number of rotatable bonds is 3. The molecule has 0 aromatic heterocycles. The highest BCUT2D eigenvalue weighted by Gasteiger charge is 1.98. The molecule has 0 unspecified atom stereocenters. The first-order valence-corrected chi connectivity index (χ1v) is 5.39. The first kappa shape index (κ1) is 10.3. The third-order valence-corrected chi connectivity index (χ3v) is 2.32. The highest BCUT2D eigenvalue weighted by Crippen LogP contribution is 2.21.